The monoisotopic (exact) mass is 340 g/mol. The van der Waals surface area contributed by atoms with Crippen LogP contribution in [0.15, 0.2) is 22.7 Å². The zero-order valence-electron chi connectivity index (χ0n) is 11.3. The summed E-state index contributed by atoms with van der Waals surface area (Å²) in [6, 6.07) is 5.10. The highest BCUT2D eigenvalue weighted by Gasteiger charge is 2.23. The van der Waals surface area contributed by atoms with Crippen LogP contribution in [-0.2, 0) is 11.3 Å². The maximum atomic E-state index is 11.3. The first-order valence-corrected chi connectivity index (χ1v) is 7.43. The minimum Gasteiger partial charge on any atom is -0.300 e. The van der Waals surface area contributed by atoms with Crippen LogP contribution in [0.1, 0.15) is 25.3 Å². The molecule has 0 aromatic heterocycles. The summed E-state index contributed by atoms with van der Waals surface area (Å²) in [4.78, 5) is 24.1. The van der Waals surface area contributed by atoms with Gasteiger partial charge in [-0.1, -0.05) is 12.1 Å². The van der Waals surface area contributed by atoms with Gasteiger partial charge in [0, 0.05) is 18.5 Å². The Hall–Kier alpha value is -1.27. The Balaban J connectivity index is 2.03. The lowest BCUT2D eigenvalue weighted by Gasteiger charge is -2.30. The molecule has 1 saturated heterocycles. The predicted molar refractivity (Wildman–Crippen MR) is 79.5 cm³/mol. The second-order valence-corrected chi connectivity index (χ2v) is 5.96. The average Bonchev–Trinajstić information content (AvgIpc) is 2.41. The van der Waals surface area contributed by atoms with Gasteiger partial charge in [-0.05, 0) is 54.3 Å². The van der Waals surface area contributed by atoms with Gasteiger partial charge in [-0.2, -0.15) is 0 Å². The van der Waals surface area contributed by atoms with Gasteiger partial charge in [0.15, 0.2) is 0 Å². The Kier molecular flexibility index (Phi) is 4.88. The highest BCUT2D eigenvalue weighted by Crippen LogP contribution is 2.30. The molecule has 0 spiro atoms. The molecule has 0 amide bonds. The van der Waals surface area contributed by atoms with Crippen LogP contribution in [0.2, 0.25) is 0 Å². The number of Topliss-reactive ketones (excluding diaryl/α,β-unsaturated/α-hetero) is 1. The van der Waals surface area contributed by atoms with E-state index in [1.807, 2.05) is 6.07 Å². The van der Waals surface area contributed by atoms with Crippen molar-refractivity contribution in [3.8, 4) is 0 Å². The number of nitrogens with zero attached hydrogens (tertiary/aromatic N) is 2. The van der Waals surface area contributed by atoms with Crippen LogP contribution < -0.4 is 0 Å². The summed E-state index contributed by atoms with van der Waals surface area (Å²) in [6.45, 7) is 4.04. The Bertz CT molecular complexity index is 525. The van der Waals surface area contributed by atoms with Gasteiger partial charge in [0.1, 0.15) is 5.78 Å². The van der Waals surface area contributed by atoms with Gasteiger partial charge in [0.25, 0.3) is 5.69 Å². The van der Waals surface area contributed by atoms with Gasteiger partial charge in [-0.3, -0.25) is 19.8 Å². The van der Waals surface area contributed by atoms with Gasteiger partial charge in [-0.15, -0.1) is 0 Å². The molecule has 1 fully saturated rings. The molecule has 5 nitrogen and oxygen atoms in total. The number of ketones is 1. The summed E-state index contributed by atoms with van der Waals surface area (Å²) < 4.78 is 0.554. The van der Waals surface area contributed by atoms with Crippen LogP contribution in [0.25, 0.3) is 0 Å². The third-order valence-electron chi connectivity index (χ3n) is 3.81. The lowest BCUT2D eigenvalue weighted by molar-refractivity contribution is -0.385. The average molecular weight is 341 g/mol. The number of nitro benzene ring substituents is 1. The predicted octanol–water partition coefficient (Wildman–Crippen LogP) is 3.16. The number of nitro groups is 1. The van der Waals surface area contributed by atoms with Crippen molar-refractivity contribution in [2.75, 3.05) is 13.1 Å². The molecule has 0 bridgehead atoms. The molecule has 108 valence electrons. The van der Waals surface area contributed by atoms with E-state index in [9.17, 15) is 14.9 Å². The maximum Gasteiger partial charge on any atom is 0.283 e. The second-order valence-electron chi connectivity index (χ2n) is 5.17. The van der Waals surface area contributed by atoms with Gasteiger partial charge >= 0.3 is 0 Å². The normalized spacial score (nSPS) is 17.1. The van der Waals surface area contributed by atoms with Gasteiger partial charge in [0.05, 0.1) is 9.40 Å². The van der Waals surface area contributed by atoms with E-state index in [-0.39, 0.29) is 22.3 Å². The van der Waals surface area contributed by atoms with Gasteiger partial charge < -0.3 is 0 Å². The molecule has 1 aliphatic rings. The molecular weight excluding hydrogens is 324 g/mol. The largest absolute Gasteiger partial charge is 0.300 e. The number of carbonyl (C=O) groups excluding carboxylic acids is 1. The molecular formula is C14H17BrN2O3. The number of likely N-dealkylation sites (tertiary alicyclic amines) is 1. The standard InChI is InChI=1S/C14H17BrN2O3/c1-10(18)11-5-7-16(8-6-11)9-12-3-2-4-13(14(12)15)17(19)20/h2-4,11H,5-9H2,1H3. The first-order valence-electron chi connectivity index (χ1n) is 6.63. The second kappa shape index (κ2) is 6.45. The summed E-state index contributed by atoms with van der Waals surface area (Å²) in [5.74, 6) is 0.445. The van der Waals surface area contributed by atoms with Crippen LogP contribution in [0, 0.1) is 16.0 Å². The number of piperidine rings is 1. The molecule has 6 heteroatoms. The molecule has 0 unspecified atom stereocenters. The maximum absolute atomic E-state index is 11.3. The molecule has 1 heterocycles. The van der Waals surface area contributed by atoms with E-state index in [0.717, 1.165) is 31.5 Å². The van der Waals surface area contributed by atoms with Crippen molar-refractivity contribution in [1.29, 1.82) is 0 Å². The third-order valence-corrected chi connectivity index (χ3v) is 4.73. The van der Waals surface area contributed by atoms with Crippen molar-refractivity contribution in [1.82, 2.24) is 4.90 Å². The van der Waals surface area contributed by atoms with Crippen LogP contribution in [0.5, 0.6) is 0 Å². The van der Waals surface area contributed by atoms with Crippen molar-refractivity contribution in [2.45, 2.75) is 26.3 Å². The van der Waals surface area contributed by atoms with Crippen molar-refractivity contribution in [2.24, 2.45) is 5.92 Å². The highest BCUT2D eigenvalue weighted by molar-refractivity contribution is 9.10. The fourth-order valence-electron chi connectivity index (χ4n) is 2.57. The molecule has 1 aromatic rings. The van der Waals surface area contributed by atoms with Crippen LogP contribution in [0.3, 0.4) is 0 Å². The minimum atomic E-state index is -0.379. The molecule has 1 aromatic carbocycles. The quantitative estimate of drug-likeness (QED) is 0.623. The summed E-state index contributed by atoms with van der Waals surface area (Å²) >= 11 is 3.32. The Morgan fingerprint density at radius 1 is 1.45 bits per heavy atom. The van der Waals surface area contributed by atoms with E-state index in [4.69, 9.17) is 0 Å². The van der Waals surface area contributed by atoms with Crippen molar-refractivity contribution < 1.29 is 9.72 Å². The molecule has 1 aliphatic heterocycles. The zero-order chi connectivity index (χ0) is 14.7. The number of hydrogen-bond acceptors (Lipinski definition) is 4. The van der Waals surface area contributed by atoms with Crippen molar-refractivity contribution >= 4 is 27.4 Å². The Morgan fingerprint density at radius 3 is 2.65 bits per heavy atom. The SMILES string of the molecule is CC(=O)C1CCN(Cc2cccc([N+](=O)[O-])c2Br)CC1. The number of rotatable bonds is 4. The van der Waals surface area contributed by atoms with Gasteiger partial charge in [0.2, 0.25) is 0 Å². The number of halogens is 1. The summed E-state index contributed by atoms with van der Waals surface area (Å²) in [5, 5.41) is 10.9. The Labute approximate surface area is 126 Å². The van der Waals surface area contributed by atoms with E-state index >= 15 is 0 Å². The summed E-state index contributed by atoms with van der Waals surface area (Å²) in [7, 11) is 0. The number of hydrogen-bond donors (Lipinski definition) is 0. The molecule has 0 saturated carbocycles. The molecule has 0 atom stereocenters. The van der Waals surface area contributed by atoms with Crippen molar-refractivity contribution in [3.63, 3.8) is 0 Å². The lowest BCUT2D eigenvalue weighted by Crippen LogP contribution is -2.35. The van der Waals surface area contributed by atoms with E-state index in [1.54, 1.807) is 13.0 Å². The van der Waals surface area contributed by atoms with Crippen molar-refractivity contribution in [3.05, 3.63) is 38.3 Å². The molecule has 20 heavy (non-hydrogen) atoms. The summed E-state index contributed by atoms with van der Waals surface area (Å²) in [6.07, 6.45) is 1.75. The first-order chi connectivity index (χ1) is 9.49. The molecule has 0 radical (unpaired) electrons. The smallest absolute Gasteiger partial charge is 0.283 e. The highest BCUT2D eigenvalue weighted by atomic mass is 79.9. The first kappa shape index (κ1) is 15.1. The third kappa shape index (κ3) is 3.43. The summed E-state index contributed by atoms with van der Waals surface area (Å²) in [5.41, 5.74) is 1.02. The molecule has 0 N–H and O–H groups in total. The lowest BCUT2D eigenvalue weighted by atomic mass is 9.93. The van der Waals surface area contributed by atoms with E-state index in [1.165, 1.54) is 6.07 Å². The molecule has 0 aliphatic carbocycles. The molecule has 2 rings (SSSR count). The van der Waals surface area contributed by atoms with Gasteiger partial charge in [-0.25, -0.2) is 0 Å². The fourth-order valence-corrected chi connectivity index (χ4v) is 3.10. The fraction of sp³-hybridized carbons (Fsp3) is 0.500. The van der Waals surface area contributed by atoms with Crippen LogP contribution >= 0.6 is 15.9 Å². The van der Waals surface area contributed by atoms with E-state index < -0.39 is 0 Å². The number of carbonyl (C=O) groups is 1. The number of benzene rings is 1. The Morgan fingerprint density at radius 2 is 2.10 bits per heavy atom. The topological polar surface area (TPSA) is 63.5 Å². The van der Waals surface area contributed by atoms with E-state index in [2.05, 4.69) is 20.8 Å². The van der Waals surface area contributed by atoms with Crippen LogP contribution in [-0.4, -0.2) is 28.7 Å². The minimum absolute atomic E-state index is 0.0983. The van der Waals surface area contributed by atoms with Crippen LogP contribution in [0.4, 0.5) is 5.69 Å². The zero-order valence-corrected chi connectivity index (χ0v) is 12.9. The van der Waals surface area contributed by atoms with E-state index in [0.29, 0.717) is 11.0 Å².